The Balaban J connectivity index is 1.35. The molecule has 6 atom stereocenters. The second-order valence-electron chi connectivity index (χ2n) is 9.31. The second-order valence-corrected chi connectivity index (χ2v) is 9.31. The van der Waals surface area contributed by atoms with Gasteiger partial charge in [0.2, 0.25) is 0 Å². The minimum Gasteiger partial charge on any atom is -0.207 e. The van der Waals surface area contributed by atoms with Crippen LogP contribution in [0.1, 0.15) is 82.6 Å². The average molecular weight is 355 g/mol. The number of hydrogen-bond acceptors (Lipinski definition) is 0. The van der Waals surface area contributed by atoms with Crippen LogP contribution in [0.2, 0.25) is 0 Å². The van der Waals surface area contributed by atoms with Crippen molar-refractivity contribution in [2.75, 3.05) is 0 Å². The summed E-state index contributed by atoms with van der Waals surface area (Å²) in [5.74, 6) is 5.50. The van der Waals surface area contributed by atoms with E-state index in [9.17, 15) is 4.39 Å². The third-order valence-corrected chi connectivity index (χ3v) is 7.97. The molecule has 3 aliphatic carbocycles. The Kier molecular flexibility index (Phi) is 5.81. The van der Waals surface area contributed by atoms with Gasteiger partial charge in [0.1, 0.15) is 5.82 Å². The highest BCUT2D eigenvalue weighted by molar-refractivity contribution is 5.21. The van der Waals surface area contributed by atoms with Gasteiger partial charge in [-0.1, -0.05) is 30.7 Å². The van der Waals surface area contributed by atoms with Gasteiger partial charge in [0.25, 0.3) is 0 Å². The monoisotopic (exact) mass is 354 g/mol. The summed E-state index contributed by atoms with van der Waals surface area (Å²) >= 11 is 0. The number of allylic oxidation sites excluding steroid dienone is 2. The van der Waals surface area contributed by atoms with Crippen molar-refractivity contribution in [3.05, 3.63) is 47.8 Å². The lowest BCUT2D eigenvalue weighted by Crippen LogP contribution is -2.41. The molecule has 0 bridgehead atoms. The Morgan fingerprint density at radius 3 is 2.31 bits per heavy atom. The summed E-state index contributed by atoms with van der Waals surface area (Å²) in [5.41, 5.74) is 1.37. The summed E-state index contributed by atoms with van der Waals surface area (Å²) in [6.07, 6.45) is 18.7. The number of halogens is 1. The van der Waals surface area contributed by atoms with Crippen LogP contribution < -0.4 is 0 Å². The summed E-state index contributed by atoms with van der Waals surface area (Å²) in [4.78, 5) is 0. The fraction of sp³-hybridized carbons (Fsp3) is 0.680. The minimum atomic E-state index is -0.103. The maximum Gasteiger partial charge on any atom is 0.123 e. The van der Waals surface area contributed by atoms with E-state index in [0.717, 1.165) is 29.6 Å². The van der Waals surface area contributed by atoms with Crippen molar-refractivity contribution in [2.45, 2.75) is 77.0 Å². The molecule has 0 radical (unpaired) electrons. The van der Waals surface area contributed by atoms with Gasteiger partial charge in [0.15, 0.2) is 0 Å². The standard InChI is InChI=1S/C25H35F/c1-2-3-4-5-18-6-14-24-21(16-18)7-8-22-17-20(11-15-25(22)24)19-9-12-23(26)13-10-19/h2-3,9-10,12-13,18,20-22,24-25H,4-8,11,14-17H2,1H3/b3-2+. The SMILES string of the molecule is C/C=C/CCC1CCC2C(CCC3CC(c4ccc(F)cc4)CCC32)C1. The molecule has 0 heterocycles. The quantitative estimate of drug-likeness (QED) is 0.491. The minimum absolute atomic E-state index is 0.103. The molecule has 0 saturated heterocycles. The molecule has 0 nitrogen and oxygen atoms in total. The predicted molar refractivity (Wildman–Crippen MR) is 108 cm³/mol. The highest BCUT2D eigenvalue weighted by Gasteiger charge is 2.44. The predicted octanol–water partition coefficient (Wildman–Crippen LogP) is 7.51. The van der Waals surface area contributed by atoms with Crippen LogP contribution in [0.15, 0.2) is 36.4 Å². The van der Waals surface area contributed by atoms with E-state index in [1.807, 2.05) is 12.1 Å². The molecule has 0 aromatic heterocycles. The fourth-order valence-corrected chi connectivity index (χ4v) is 6.69. The van der Waals surface area contributed by atoms with Crippen molar-refractivity contribution in [1.82, 2.24) is 0 Å². The topological polar surface area (TPSA) is 0 Å². The smallest absolute Gasteiger partial charge is 0.123 e. The molecular formula is C25H35F. The van der Waals surface area contributed by atoms with Crippen LogP contribution in [-0.2, 0) is 0 Å². The van der Waals surface area contributed by atoms with Gasteiger partial charge in [-0.25, -0.2) is 4.39 Å². The molecule has 142 valence electrons. The van der Waals surface area contributed by atoms with Crippen LogP contribution >= 0.6 is 0 Å². The maximum absolute atomic E-state index is 13.2. The molecule has 0 aliphatic heterocycles. The van der Waals surface area contributed by atoms with Crippen molar-refractivity contribution < 1.29 is 4.39 Å². The zero-order valence-electron chi connectivity index (χ0n) is 16.4. The highest BCUT2D eigenvalue weighted by atomic mass is 19.1. The summed E-state index contributed by atoms with van der Waals surface area (Å²) < 4.78 is 13.2. The zero-order chi connectivity index (χ0) is 17.9. The lowest BCUT2D eigenvalue weighted by Gasteiger charge is -2.51. The van der Waals surface area contributed by atoms with Gasteiger partial charge in [0.05, 0.1) is 0 Å². The normalized spacial score (nSPS) is 37.3. The van der Waals surface area contributed by atoms with E-state index in [-0.39, 0.29) is 5.82 Å². The van der Waals surface area contributed by atoms with Crippen molar-refractivity contribution in [2.24, 2.45) is 29.6 Å². The van der Waals surface area contributed by atoms with E-state index in [4.69, 9.17) is 0 Å². The largest absolute Gasteiger partial charge is 0.207 e. The van der Waals surface area contributed by atoms with E-state index in [2.05, 4.69) is 19.1 Å². The van der Waals surface area contributed by atoms with Gasteiger partial charge < -0.3 is 0 Å². The van der Waals surface area contributed by atoms with Crippen LogP contribution in [0.4, 0.5) is 4.39 Å². The summed E-state index contributed by atoms with van der Waals surface area (Å²) in [6.45, 7) is 2.14. The van der Waals surface area contributed by atoms with E-state index >= 15 is 0 Å². The molecular weight excluding hydrogens is 319 g/mol. The second kappa shape index (κ2) is 8.28. The number of benzene rings is 1. The summed E-state index contributed by atoms with van der Waals surface area (Å²) in [5, 5.41) is 0. The van der Waals surface area contributed by atoms with Crippen LogP contribution in [0.3, 0.4) is 0 Å². The Bertz CT molecular complexity index is 601. The molecule has 3 fully saturated rings. The van der Waals surface area contributed by atoms with Gasteiger partial charge >= 0.3 is 0 Å². The van der Waals surface area contributed by atoms with Crippen LogP contribution in [0, 0.1) is 35.4 Å². The lowest BCUT2D eigenvalue weighted by atomic mass is 9.55. The number of hydrogen-bond donors (Lipinski definition) is 0. The first kappa shape index (κ1) is 18.3. The molecule has 0 N–H and O–H groups in total. The van der Waals surface area contributed by atoms with Crippen molar-refractivity contribution >= 4 is 0 Å². The average Bonchev–Trinajstić information content (AvgIpc) is 2.68. The van der Waals surface area contributed by atoms with Crippen LogP contribution in [0.5, 0.6) is 0 Å². The zero-order valence-corrected chi connectivity index (χ0v) is 16.4. The number of rotatable bonds is 4. The van der Waals surface area contributed by atoms with Crippen LogP contribution in [-0.4, -0.2) is 0 Å². The third kappa shape index (κ3) is 3.92. The molecule has 1 aromatic carbocycles. The highest BCUT2D eigenvalue weighted by Crippen LogP contribution is 2.55. The first-order chi connectivity index (χ1) is 12.7. The third-order valence-electron chi connectivity index (χ3n) is 7.97. The number of fused-ring (bicyclic) bond motifs is 3. The Labute approximate surface area is 159 Å². The van der Waals surface area contributed by atoms with E-state index in [1.54, 1.807) is 12.1 Å². The fourth-order valence-electron chi connectivity index (χ4n) is 6.69. The first-order valence-electron chi connectivity index (χ1n) is 11.1. The molecule has 0 spiro atoms. The van der Waals surface area contributed by atoms with Crippen molar-refractivity contribution in [3.8, 4) is 0 Å². The lowest BCUT2D eigenvalue weighted by molar-refractivity contribution is 0.00566. The molecule has 0 amide bonds. The maximum atomic E-state index is 13.2. The van der Waals surface area contributed by atoms with Gasteiger partial charge in [-0.3, -0.25) is 0 Å². The van der Waals surface area contributed by atoms with Gasteiger partial charge in [-0.2, -0.15) is 0 Å². The van der Waals surface area contributed by atoms with Crippen molar-refractivity contribution in [3.63, 3.8) is 0 Å². The molecule has 3 saturated carbocycles. The molecule has 1 heteroatoms. The van der Waals surface area contributed by atoms with Crippen LogP contribution in [0.25, 0.3) is 0 Å². The molecule has 1 aromatic rings. The Hall–Kier alpha value is -1.11. The molecule has 3 aliphatic rings. The van der Waals surface area contributed by atoms with Crippen molar-refractivity contribution in [1.29, 1.82) is 0 Å². The molecule has 4 rings (SSSR count). The van der Waals surface area contributed by atoms with Gasteiger partial charge in [-0.15, -0.1) is 0 Å². The first-order valence-corrected chi connectivity index (χ1v) is 11.1. The van der Waals surface area contributed by atoms with E-state index in [1.165, 1.54) is 69.8 Å². The molecule has 6 unspecified atom stereocenters. The summed E-state index contributed by atoms with van der Waals surface area (Å²) in [7, 11) is 0. The van der Waals surface area contributed by atoms with E-state index in [0.29, 0.717) is 5.92 Å². The van der Waals surface area contributed by atoms with E-state index < -0.39 is 0 Å². The summed E-state index contributed by atoms with van der Waals surface area (Å²) in [6, 6.07) is 7.35. The van der Waals surface area contributed by atoms with Gasteiger partial charge in [-0.05, 0) is 118 Å². The van der Waals surface area contributed by atoms with Gasteiger partial charge in [0, 0.05) is 0 Å². The Morgan fingerprint density at radius 2 is 1.58 bits per heavy atom. The Morgan fingerprint density at radius 1 is 0.885 bits per heavy atom. The molecule has 26 heavy (non-hydrogen) atoms.